The number of rotatable bonds is 6. The number of piperidine rings is 1. The zero-order chi connectivity index (χ0) is 26.4. The number of allylic oxidation sites excluding steroid dienone is 1. The summed E-state index contributed by atoms with van der Waals surface area (Å²) >= 11 is 0. The summed E-state index contributed by atoms with van der Waals surface area (Å²) < 4.78 is 6.03. The summed E-state index contributed by atoms with van der Waals surface area (Å²) in [5, 5.41) is 9.76. The number of amides is 1. The van der Waals surface area contributed by atoms with Crippen molar-refractivity contribution in [3.8, 4) is 0 Å². The van der Waals surface area contributed by atoms with Crippen molar-refractivity contribution in [2.24, 2.45) is 46.3 Å². The largest absolute Gasteiger partial charge is 0.446 e. The van der Waals surface area contributed by atoms with E-state index in [1.807, 2.05) is 0 Å². The van der Waals surface area contributed by atoms with Crippen molar-refractivity contribution < 1.29 is 14.6 Å². The average molecular weight is 514 g/mol. The lowest BCUT2D eigenvalue weighted by molar-refractivity contribution is -0.0598. The number of aliphatic hydroxyl groups is 1. The third kappa shape index (κ3) is 5.27. The molecule has 4 fully saturated rings. The molecule has 0 aromatic carbocycles. The number of nitrogens with zero attached hydrogens (tertiary/aromatic N) is 1. The van der Waals surface area contributed by atoms with Crippen molar-refractivity contribution in [2.45, 2.75) is 130 Å². The van der Waals surface area contributed by atoms with Crippen LogP contribution >= 0.6 is 0 Å². The fraction of sp³-hybridized carbons (Fsp3) is 0.909. The molecule has 0 aromatic heterocycles. The van der Waals surface area contributed by atoms with Crippen molar-refractivity contribution in [2.75, 3.05) is 13.1 Å². The second-order valence-electron chi connectivity index (χ2n) is 14.8. The molecule has 0 spiro atoms. The smallest absolute Gasteiger partial charge is 0.410 e. The minimum Gasteiger partial charge on any atom is -0.446 e. The molecule has 1 amide bonds. The first-order valence-corrected chi connectivity index (χ1v) is 15.9. The summed E-state index contributed by atoms with van der Waals surface area (Å²) in [5.74, 6) is 5.15. The van der Waals surface area contributed by atoms with Gasteiger partial charge in [0.15, 0.2) is 0 Å². The first-order valence-electron chi connectivity index (χ1n) is 15.9. The maximum atomic E-state index is 12.8. The van der Waals surface area contributed by atoms with Crippen LogP contribution in [0.15, 0.2) is 11.6 Å². The SMILES string of the molecule is CC(C)CCC[C@@H](C)[C@H]1CCC2C3CC=C4CC(OC(=O)N5CCC(O)CC5)CC[C@]4(C)C3CC[C@@]21C. The van der Waals surface area contributed by atoms with Crippen molar-refractivity contribution in [1.29, 1.82) is 0 Å². The van der Waals surface area contributed by atoms with Gasteiger partial charge in [0.25, 0.3) is 0 Å². The number of hydrogen-bond acceptors (Lipinski definition) is 3. The predicted octanol–water partition coefficient (Wildman–Crippen LogP) is 7.99. The molecule has 1 aliphatic heterocycles. The van der Waals surface area contributed by atoms with E-state index >= 15 is 0 Å². The molecule has 37 heavy (non-hydrogen) atoms. The van der Waals surface area contributed by atoms with Gasteiger partial charge in [0.05, 0.1) is 6.10 Å². The van der Waals surface area contributed by atoms with Gasteiger partial charge < -0.3 is 14.7 Å². The third-order valence-corrected chi connectivity index (χ3v) is 12.3. The van der Waals surface area contributed by atoms with E-state index in [9.17, 15) is 9.90 Å². The van der Waals surface area contributed by atoms with Gasteiger partial charge in [-0.1, -0.05) is 65.5 Å². The standard InChI is InChI=1S/C33H55NO3/c1-22(2)7-6-8-23(3)28-11-12-29-27-10-9-24-21-26(37-31(36)34-19-15-25(35)16-20-34)13-17-32(24,4)30(27)14-18-33(28,29)5/h9,22-23,25-30,35H,6-8,10-21H2,1-5H3/t23-,26?,27?,28-,29?,30?,32+,33-/m1/s1. The molecule has 1 saturated heterocycles. The molecule has 8 atom stereocenters. The summed E-state index contributed by atoms with van der Waals surface area (Å²) in [6, 6.07) is 0. The lowest BCUT2D eigenvalue weighted by atomic mass is 9.47. The van der Waals surface area contributed by atoms with E-state index in [1.165, 1.54) is 51.4 Å². The Morgan fingerprint density at radius 3 is 2.51 bits per heavy atom. The molecule has 5 aliphatic rings. The number of ether oxygens (including phenoxy) is 1. The molecule has 0 aromatic rings. The lowest BCUT2D eigenvalue weighted by Crippen LogP contribution is -2.51. The molecule has 4 nitrogen and oxygen atoms in total. The second kappa shape index (κ2) is 10.9. The Kier molecular flexibility index (Phi) is 8.08. The fourth-order valence-corrected chi connectivity index (χ4v) is 10.0. The highest BCUT2D eigenvalue weighted by molar-refractivity contribution is 5.68. The minimum absolute atomic E-state index is 0.0200. The number of likely N-dealkylation sites (tertiary alicyclic amines) is 1. The van der Waals surface area contributed by atoms with Gasteiger partial charge in [-0.25, -0.2) is 4.79 Å². The van der Waals surface area contributed by atoms with Gasteiger partial charge in [-0.05, 0) is 104 Å². The maximum Gasteiger partial charge on any atom is 0.410 e. The summed E-state index contributed by atoms with van der Waals surface area (Å²) in [6.07, 6.45) is 17.8. The number of carbonyl (C=O) groups excluding carboxylic acids is 1. The first kappa shape index (κ1) is 27.5. The van der Waals surface area contributed by atoms with Gasteiger partial charge in [0, 0.05) is 19.5 Å². The highest BCUT2D eigenvalue weighted by Gasteiger charge is 2.59. The molecule has 5 rings (SSSR count). The van der Waals surface area contributed by atoms with Crippen molar-refractivity contribution in [1.82, 2.24) is 4.90 Å². The van der Waals surface area contributed by atoms with Gasteiger partial charge in [-0.2, -0.15) is 0 Å². The van der Waals surface area contributed by atoms with Gasteiger partial charge in [-0.15, -0.1) is 0 Å². The Morgan fingerprint density at radius 2 is 1.78 bits per heavy atom. The van der Waals surface area contributed by atoms with E-state index in [0.29, 0.717) is 36.8 Å². The Hall–Kier alpha value is -1.03. The molecule has 0 radical (unpaired) electrons. The molecular weight excluding hydrogens is 458 g/mol. The van der Waals surface area contributed by atoms with Crippen LogP contribution in [0.5, 0.6) is 0 Å². The quantitative estimate of drug-likeness (QED) is 0.366. The van der Waals surface area contributed by atoms with Crippen LogP contribution in [0.25, 0.3) is 0 Å². The molecule has 1 heterocycles. The molecule has 1 N–H and O–H groups in total. The normalized spacial score (nSPS) is 41.0. The van der Waals surface area contributed by atoms with Crippen LogP contribution in [-0.2, 0) is 4.74 Å². The number of aliphatic hydroxyl groups excluding tert-OH is 1. The Bertz CT molecular complexity index is 845. The van der Waals surface area contributed by atoms with Gasteiger partial charge >= 0.3 is 6.09 Å². The molecular formula is C33H55NO3. The molecule has 4 heteroatoms. The van der Waals surface area contributed by atoms with Gasteiger partial charge in [0.2, 0.25) is 0 Å². The summed E-state index contributed by atoms with van der Waals surface area (Å²) in [6.45, 7) is 13.8. The fourth-order valence-electron chi connectivity index (χ4n) is 10.0. The van der Waals surface area contributed by atoms with E-state index in [2.05, 4.69) is 40.7 Å². The van der Waals surface area contributed by atoms with E-state index < -0.39 is 0 Å². The number of carbonyl (C=O) groups is 1. The highest BCUT2D eigenvalue weighted by atomic mass is 16.6. The number of hydrogen-bond donors (Lipinski definition) is 1. The number of fused-ring (bicyclic) bond motifs is 5. The second-order valence-corrected chi connectivity index (χ2v) is 14.8. The maximum absolute atomic E-state index is 12.8. The van der Waals surface area contributed by atoms with Crippen LogP contribution in [-0.4, -0.2) is 41.4 Å². The summed E-state index contributed by atoms with van der Waals surface area (Å²) in [5.41, 5.74) is 2.42. The van der Waals surface area contributed by atoms with E-state index in [-0.39, 0.29) is 18.3 Å². The minimum atomic E-state index is -0.264. The molecule has 4 aliphatic carbocycles. The molecule has 3 saturated carbocycles. The van der Waals surface area contributed by atoms with Crippen LogP contribution in [0.2, 0.25) is 0 Å². The van der Waals surface area contributed by atoms with Crippen LogP contribution in [0, 0.1) is 46.3 Å². The van der Waals surface area contributed by atoms with Crippen LogP contribution in [0.1, 0.15) is 118 Å². The Morgan fingerprint density at radius 1 is 1.03 bits per heavy atom. The zero-order valence-corrected chi connectivity index (χ0v) is 24.5. The van der Waals surface area contributed by atoms with Crippen molar-refractivity contribution in [3.05, 3.63) is 11.6 Å². The van der Waals surface area contributed by atoms with Crippen LogP contribution in [0.3, 0.4) is 0 Å². The summed E-state index contributed by atoms with van der Waals surface area (Å²) in [7, 11) is 0. The van der Waals surface area contributed by atoms with Crippen LogP contribution < -0.4 is 0 Å². The first-order chi connectivity index (χ1) is 17.6. The lowest BCUT2D eigenvalue weighted by Gasteiger charge is -2.58. The molecule has 0 bridgehead atoms. The average Bonchev–Trinajstić information content (AvgIpc) is 3.21. The predicted molar refractivity (Wildman–Crippen MR) is 150 cm³/mol. The molecule has 4 unspecified atom stereocenters. The zero-order valence-electron chi connectivity index (χ0n) is 24.5. The Balaban J connectivity index is 1.22. The monoisotopic (exact) mass is 513 g/mol. The van der Waals surface area contributed by atoms with Crippen LogP contribution in [0.4, 0.5) is 4.79 Å². The van der Waals surface area contributed by atoms with E-state index in [4.69, 9.17) is 4.74 Å². The van der Waals surface area contributed by atoms with Gasteiger partial charge in [0.1, 0.15) is 6.10 Å². The van der Waals surface area contributed by atoms with E-state index in [0.717, 1.165) is 54.8 Å². The van der Waals surface area contributed by atoms with Crippen molar-refractivity contribution >= 4 is 6.09 Å². The van der Waals surface area contributed by atoms with Crippen molar-refractivity contribution in [3.63, 3.8) is 0 Å². The Labute approximate surface area is 227 Å². The summed E-state index contributed by atoms with van der Waals surface area (Å²) in [4.78, 5) is 14.6. The van der Waals surface area contributed by atoms with Gasteiger partial charge in [-0.3, -0.25) is 0 Å². The van der Waals surface area contributed by atoms with E-state index in [1.54, 1.807) is 10.5 Å². The highest BCUT2D eigenvalue weighted by Crippen LogP contribution is 2.67. The molecule has 210 valence electrons. The topological polar surface area (TPSA) is 49.8 Å². The third-order valence-electron chi connectivity index (χ3n) is 12.3.